The maximum Gasteiger partial charge on any atom is 0.251 e. The van der Waals surface area contributed by atoms with Crippen molar-refractivity contribution < 1.29 is 9.52 Å². The summed E-state index contributed by atoms with van der Waals surface area (Å²) in [6.07, 6.45) is 1.37. The molecule has 1 aromatic carbocycles. The second-order valence-electron chi connectivity index (χ2n) is 4.06. The fourth-order valence-corrected chi connectivity index (χ4v) is 2.72. The predicted octanol–water partition coefficient (Wildman–Crippen LogP) is 2.94. The number of pyridine rings is 1. The lowest BCUT2D eigenvalue weighted by Gasteiger charge is -2.08. The van der Waals surface area contributed by atoms with Crippen molar-refractivity contribution in [2.75, 3.05) is 16.8 Å². The predicted molar refractivity (Wildman–Crippen MR) is 85.6 cm³/mol. The van der Waals surface area contributed by atoms with Crippen LogP contribution in [0.2, 0.25) is 10.0 Å². The third-order valence-electron chi connectivity index (χ3n) is 2.50. The molecule has 0 unspecified atom stereocenters. The first-order valence-corrected chi connectivity index (χ1v) is 7.57. The van der Waals surface area contributed by atoms with E-state index >= 15 is 0 Å². The van der Waals surface area contributed by atoms with Gasteiger partial charge in [0.1, 0.15) is 0 Å². The first-order chi connectivity index (χ1) is 9.97. The zero-order valence-corrected chi connectivity index (χ0v) is 13.0. The Labute approximate surface area is 135 Å². The molecule has 5 nitrogen and oxygen atoms in total. The van der Waals surface area contributed by atoms with Crippen LogP contribution in [-0.4, -0.2) is 11.7 Å². The first-order valence-electron chi connectivity index (χ1n) is 5.82. The van der Waals surface area contributed by atoms with E-state index < -0.39 is 0 Å². The molecule has 0 spiro atoms. The van der Waals surface area contributed by atoms with Crippen LogP contribution < -0.4 is 15.8 Å². The minimum atomic E-state index is -0.277. The van der Waals surface area contributed by atoms with Crippen molar-refractivity contribution in [3.8, 4) is 0 Å². The highest BCUT2D eigenvalue weighted by Gasteiger charge is 2.11. The van der Waals surface area contributed by atoms with Gasteiger partial charge in [-0.05, 0) is 30.0 Å². The van der Waals surface area contributed by atoms with E-state index in [4.69, 9.17) is 28.9 Å². The molecule has 0 atom stereocenters. The van der Waals surface area contributed by atoms with Crippen molar-refractivity contribution in [1.82, 2.24) is 0 Å². The second-order valence-corrected chi connectivity index (χ2v) is 5.87. The number of nitrogen functional groups attached to an aromatic ring is 1. The quantitative estimate of drug-likeness (QED) is 0.387. The average molecular weight is 344 g/mol. The molecule has 21 heavy (non-hydrogen) atoms. The molecular weight excluding hydrogens is 333 g/mol. The molecule has 2 rings (SSSR count). The van der Waals surface area contributed by atoms with Gasteiger partial charge in [0.15, 0.2) is 6.20 Å². The maximum absolute atomic E-state index is 11.8. The van der Waals surface area contributed by atoms with Gasteiger partial charge in [0, 0.05) is 17.8 Å². The van der Waals surface area contributed by atoms with E-state index in [-0.39, 0.29) is 27.4 Å². The van der Waals surface area contributed by atoms with Crippen LogP contribution in [0.4, 0.5) is 11.4 Å². The molecule has 1 aromatic heterocycles. The van der Waals surface area contributed by atoms with E-state index in [0.29, 0.717) is 15.4 Å². The zero-order valence-electron chi connectivity index (χ0n) is 10.7. The van der Waals surface area contributed by atoms with Gasteiger partial charge < -0.3 is 16.3 Å². The van der Waals surface area contributed by atoms with E-state index in [9.17, 15) is 10.0 Å². The Morgan fingerprint density at radius 3 is 2.62 bits per heavy atom. The Kier molecular flexibility index (Phi) is 5.17. The second kappa shape index (κ2) is 6.89. The third kappa shape index (κ3) is 4.17. The molecule has 1 heterocycles. The summed E-state index contributed by atoms with van der Waals surface area (Å²) >= 11 is 12.9. The van der Waals surface area contributed by atoms with E-state index in [1.165, 1.54) is 18.3 Å². The molecule has 0 saturated carbocycles. The van der Waals surface area contributed by atoms with Crippen molar-refractivity contribution in [2.24, 2.45) is 0 Å². The smallest absolute Gasteiger partial charge is 0.251 e. The van der Waals surface area contributed by atoms with Gasteiger partial charge in [-0.25, -0.2) is 0 Å². The van der Waals surface area contributed by atoms with Gasteiger partial charge in [-0.2, -0.15) is 4.73 Å². The Morgan fingerprint density at radius 2 is 2.00 bits per heavy atom. The number of hydrogen-bond donors (Lipinski definition) is 2. The van der Waals surface area contributed by atoms with Gasteiger partial charge in [0.2, 0.25) is 5.91 Å². The molecule has 110 valence electrons. The molecule has 0 saturated heterocycles. The molecule has 0 aliphatic carbocycles. The average Bonchev–Trinajstić information content (AvgIpc) is 2.44. The lowest BCUT2D eigenvalue weighted by Crippen LogP contribution is -2.28. The van der Waals surface area contributed by atoms with Crippen LogP contribution in [0.5, 0.6) is 0 Å². The van der Waals surface area contributed by atoms with Gasteiger partial charge in [-0.15, -0.1) is 0 Å². The monoisotopic (exact) mass is 343 g/mol. The molecule has 2 aromatic rings. The molecule has 0 aliphatic rings. The minimum absolute atomic E-state index is 0.0892. The molecule has 3 N–H and O–H groups in total. The fourth-order valence-electron chi connectivity index (χ4n) is 1.52. The van der Waals surface area contributed by atoms with Crippen LogP contribution in [0.15, 0.2) is 41.6 Å². The molecule has 0 fully saturated rings. The fraction of sp³-hybridized carbons (Fsp3) is 0.0769. The number of amides is 1. The standard InChI is InChI=1S/C13H11Cl2N3O2S/c14-9-5-8(6-10(15)13(9)16)17-11(19)7-21-12-3-1-2-4-18(12)20/h1-6H,7,16H2,(H,17,19). The SMILES string of the molecule is Nc1c(Cl)cc(NC(=O)CSc2cccc[n+]2[O-])cc1Cl. The van der Waals surface area contributed by atoms with Gasteiger partial charge >= 0.3 is 0 Å². The third-order valence-corrected chi connectivity index (χ3v) is 4.15. The van der Waals surface area contributed by atoms with Gasteiger partial charge in [-0.3, -0.25) is 4.79 Å². The number of thioether (sulfide) groups is 1. The van der Waals surface area contributed by atoms with Crippen molar-refractivity contribution in [2.45, 2.75) is 5.03 Å². The van der Waals surface area contributed by atoms with Crippen LogP contribution in [0, 0.1) is 5.21 Å². The van der Waals surface area contributed by atoms with Crippen LogP contribution in [0.25, 0.3) is 0 Å². The number of nitrogens with two attached hydrogens (primary N) is 1. The van der Waals surface area contributed by atoms with Crippen molar-refractivity contribution >= 4 is 52.2 Å². The summed E-state index contributed by atoms with van der Waals surface area (Å²) in [7, 11) is 0. The summed E-state index contributed by atoms with van der Waals surface area (Å²) in [6.45, 7) is 0. The molecule has 1 amide bonds. The van der Waals surface area contributed by atoms with Gasteiger partial charge in [0.05, 0.1) is 21.5 Å². The van der Waals surface area contributed by atoms with Crippen LogP contribution in [-0.2, 0) is 4.79 Å². The molecule has 8 heteroatoms. The van der Waals surface area contributed by atoms with Gasteiger partial charge in [-0.1, -0.05) is 23.2 Å². The topological polar surface area (TPSA) is 82.1 Å². The Balaban J connectivity index is 1.98. The number of halogens is 2. The summed E-state index contributed by atoms with van der Waals surface area (Å²) in [4.78, 5) is 11.8. The van der Waals surface area contributed by atoms with Gasteiger partial charge in [0.25, 0.3) is 5.03 Å². The van der Waals surface area contributed by atoms with Crippen LogP contribution in [0.1, 0.15) is 0 Å². The number of rotatable bonds is 4. The normalized spacial score (nSPS) is 10.4. The van der Waals surface area contributed by atoms with E-state index in [2.05, 4.69) is 5.32 Å². The number of benzene rings is 1. The number of aromatic nitrogens is 1. The zero-order chi connectivity index (χ0) is 15.4. The number of carbonyl (C=O) groups excluding carboxylic acids is 1. The van der Waals surface area contributed by atoms with E-state index in [1.54, 1.807) is 18.2 Å². The van der Waals surface area contributed by atoms with Crippen molar-refractivity contribution in [3.05, 3.63) is 51.8 Å². The number of anilines is 2. The van der Waals surface area contributed by atoms with Crippen molar-refractivity contribution in [3.63, 3.8) is 0 Å². The number of hydrogen-bond acceptors (Lipinski definition) is 4. The highest BCUT2D eigenvalue weighted by Crippen LogP contribution is 2.31. The lowest BCUT2D eigenvalue weighted by atomic mass is 10.3. The summed E-state index contributed by atoms with van der Waals surface area (Å²) in [6, 6.07) is 8.02. The van der Waals surface area contributed by atoms with Crippen LogP contribution >= 0.6 is 35.0 Å². The number of nitrogens with one attached hydrogen (secondary N) is 1. The molecular formula is C13H11Cl2N3O2S. The largest absolute Gasteiger partial charge is 0.618 e. The van der Waals surface area contributed by atoms with E-state index in [0.717, 1.165) is 11.8 Å². The molecule has 0 aliphatic heterocycles. The number of nitrogens with zero attached hydrogens (tertiary/aromatic N) is 1. The highest BCUT2D eigenvalue weighted by molar-refractivity contribution is 7.99. The van der Waals surface area contributed by atoms with Crippen LogP contribution in [0.3, 0.4) is 0 Å². The highest BCUT2D eigenvalue weighted by atomic mass is 35.5. The Hall–Kier alpha value is -1.63. The maximum atomic E-state index is 11.8. The lowest BCUT2D eigenvalue weighted by molar-refractivity contribution is -0.645. The summed E-state index contributed by atoms with van der Waals surface area (Å²) < 4.78 is 0.703. The number of carbonyl (C=O) groups is 1. The minimum Gasteiger partial charge on any atom is -0.618 e. The van der Waals surface area contributed by atoms with E-state index in [1.807, 2.05) is 0 Å². The summed E-state index contributed by atoms with van der Waals surface area (Å²) in [5.41, 5.74) is 6.33. The molecule has 0 radical (unpaired) electrons. The van der Waals surface area contributed by atoms with Crippen molar-refractivity contribution in [1.29, 1.82) is 0 Å². The summed E-state index contributed by atoms with van der Waals surface area (Å²) in [5.74, 6) is -0.188. The summed E-state index contributed by atoms with van der Waals surface area (Å²) in [5, 5.41) is 15.1. The Morgan fingerprint density at radius 1 is 1.33 bits per heavy atom. The first kappa shape index (κ1) is 15.8. The Bertz CT molecular complexity index is 659. The molecule has 0 bridgehead atoms.